The number of fused-ring (bicyclic) bond motifs is 1. The molecule has 10 heteroatoms. The van der Waals surface area contributed by atoms with E-state index >= 15 is 0 Å². The molecule has 0 aliphatic carbocycles. The summed E-state index contributed by atoms with van der Waals surface area (Å²) in [6.07, 6.45) is 0.724. The van der Waals surface area contributed by atoms with Crippen LogP contribution in [0.3, 0.4) is 0 Å². The van der Waals surface area contributed by atoms with Crippen molar-refractivity contribution >= 4 is 48.6 Å². The van der Waals surface area contributed by atoms with Gasteiger partial charge in [-0.1, -0.05) is 40.2 Å². The van der Waals surface area contributed by atoms with Crippen LogP contribution in [-0.4, -0.2) is 56.6 Å². The molecule has 1 aliphatic rings. The van der Waals surface area contributed by atoms with Gasteiger partial charge < -0.3 is 10.6 Å². The second kappa shape index (κ2) is 10.2. The number of sulfonamides is 1. The standard InChI is InChI=1S/C23H26BrN5O3S/c1-16-13-22(20-7-2-3-8-21(20)26-16)27-23(30)25-10-12-29-11-9-18(15-29)28-33(31,32)19-6-4-5-17(24)14-19/h2-8,13-14,18,28H,9-12,15H2,1H3,(H2,25,26,27,30). The number of benzene rings is 2. The number of hydrogen-bond donors (Lipinski definition) is 3. The molecular formula is C23H26BrN5O3S. The Labute approximate surface area is 202 Å². The molecule has 0 bridgehead atoms. The smallest absolute Gasteiger partial charge is 0.319 e. The van der Waals surface area contributed by atoms with E-state index in [-0.39, 0.29) is 17.0 Å². The molecule has 1 fully saturated rings. The number of aromatic nitrogens is 1. The highest BCUT2D eigenvalue weighted by Crippen LogP contribution is 2.23. The number of rotatable bonds is 7. The van der Waals surface area contributed by atoms with Crippen LogP contribution in [0.5, 0.6) is 0 Å². The third-order valence-electron chi connectivity index (χ3n) is 5.51. The van der Waals surface area contributed by atoms with Gasteiger partial charge in [0, 0.05) is 41.2 Å². The van der Waals surface area contributed by atoms with Gasteiger partial charge in [0.1, 0.15) is 0 Å². The molecule has 1 aliphatic heterocycles. The first-order chi connectivity index (χ1) is 15.8. The number of carbonyl (C=O) groups is 1. The van der Waals surface area contributed by atoms with Gasteiger partial charge in [-0.05, 0) is 50.2 Å². The number of urea groups is 1. The minimum atomic E-state index is -3.57. The largest absolute Gasteiger partial charge is 0.337 e. The molecule has 1 atom stereocenters. The van der Waals surface area contributed by atoms with Crippen LogP contribution in [0.2, 0.25) is 0 Å². The van der Waals surface area contributed by atoms with Crippen LogP contribution in [0.15, 0.2) is 64.0 Å². The molecule has 2 amide bonds. The third kappa shape index (κ3) is 6.08. The summed E-state index contributed by atoms with van der Waals surface area (Å²) in [7, 11) is -3.57. The van der Waals surface area contributed by atoms with Crippen molar-refractivity contribution < 1.29 is 13.2 Å². The van der Waals surface area contributed by atoms with Gasteiger partial charge in [-0.2, -0.15) is 0 Å². The number of carbonyl (C=O) groups excluding carboxylic acids is 1. The normalized spacial score (nSPS) is 16.7. The molecule has 33 heavy (non-hydrogen) atoms. The monoisotopic (exact) mass is 531 g/mol. The summed E-state index contributed by atoms with van der Waals surface area (Å²) in [4.78, 5) is 19.3. The Hall–Kier alpha value is -2.53. The summed E-state index contributed by atoms with van der Waals surface area (Å²) in [6.45, 7) is 4.36. The molecule has 1 unspecified atom stereocenters. The Morgan fingerprint density at radius 2 is 2.00 bits per heavy atom. The van der Waals surface area contributed by atoms with Crippen LogP contribution in [0.25, 0.3) is 10.9 Å². The molecule has 0 radical (unpaired) electrons. The van der Waals surface area contributed by atoms with Crippen molar-refractivity contribution in [3.63, 3.8) is 0 Å². The zero-order valence-corrected chi connectivity index (χ0v) is 20.6. The zero-order valence-electron chi connectivity index (χ0n) is 18.2. The van der Waals surface area contributed by atoms with E-state index in [0.29, 0.717) is 19.6 Å². The molecule has 3 N–H and O–H groups in total. The lowest BCUT2D eigenvalue weighted by Crippen LogP contribution is -2.39. The van der Waals surface area contributed by atoms with E-state index in [4.69, 9.17) is 0 Å². The van der Waals surface area contributed by atoms with Crippen LogP contribution in [-0.2, 0) is 10.0 Å². The fourth-order valence-corrected chi connectivity index (χ4v) is 5.82. The van der Waals surface area contributed by atoms with Gasteiger partial charge in [-0.3, -0.25) is 9.88 Å². The quantitative estimate of drug-likeness (QED) is 0.433. The van der Waals surface area contributed by atoms with Gasteiger partial charge in [-0.15, -0.1) is 0 Å². The molecule has 4 rings (SSSR count). The third-order valence-corrected chi connectivity index (χ3v) is 7.52. The molecule has 2 heterocycles. The van der Waals surface area contributed by atoms with E-state index in [2.05, 4.69) is 41.2 Å². The predicted molar refractivity (Wildman–Crippen MR) is 133 cm³/mol. The fourth-order valence-electron chi connectivity index (χ4n) is 3.96. The maximum absolute atomic E-state index is 12.6. The lowest BCUT2D eigenvalue weighted by Gasteiger charge is -2.17. The number of hydrogen-bond acceptors (Lipinski definition) is 5. The predicted octanol–water partition coefficient (Wildman–Crippen LogP) is 3.48. The fraction of sp³-hybridized carbons (Fsp3) is 0.304. The Morgan fingerprint density at radius 1 is 1.18 bits per heavy atom. The van der Waals surface area contributed by atoms with E-state index < -0.39 is 10.0 Å². The van der Waals surface area contributed by atoms with Crippen LogP contribution >= 0.6 is 15.9 Å². The Bertz CT molecular complexity index is 1270. The highest BCUT2D eigenvalue weighted by atomic mass is 79.9. The number of likely N-dealkylation sites (tertiary alicyclic amines) is 1. The number of anilines is 1. The van der Waals surface area contributed by atoms with Gasteiger partial charge in [0.15, 0.2) is 0 Å². The first kappa shape index (κ1) is 23.6. The molecule has 1 saturated heterocycles. The summed E-state index contributed by atoms with van der Waals surface area (Å²) in [5.41, 5.74) is 2.39. The molecule has 2 aromatic carbocycles. The average molecular weight is 532 g/mol. The van der Waals surface area contributed by atoms with E-state index in [1.807, 2.05) is 37.3 Å². The minimum Gasteiger partial charge on any atom is -0.337 e. The topological polar surface area (TPSA) is 103 Å². The van der Waals surface area contributed by atoms with Gasteiger partial charge >= 0.3 is 6.03 Å². The van der Waals surface area contributed by atoms with Gasteiger partial charge in [0.25, 0.3) is 0 Å². The zero-order chi connectivity index (χ0) is 23.4. The van der Waals surface area contributed by atoms with Crippen LogP contribution in [0.1, 0.15) is 12.1 Å². The van der Waals surface area contributed by atoms with Crippen molar-refractivity contribution in [2.24, 2.45) is 0 Å². The molecular weight excluding hydrogens is 506 g/mol. The number of nitrogens with zero attached hydrogens (tertiary/aromatic N) is 2. The molecule has 0 spiro atoms. The summed E-state index contributed by atoms with van der Waals surface area (Å²) in [6, 6.07) is 15.7. The van der Waals surface area contributed by atoms with E-state index in [9.17, 15) is 13.2 Å². The maximum atomic E-state index is 12.6. The number of halogens is 1. The first-order valence-electron chi connectivity index (χ1n) is 10.7. The molecule has 174 valence electrons. The summed E-state index contributed by atoms with van der Waals surface area (Å²) < 4.78 is 28.7. The van der Waals surface area contributed by atoms with Crippen molar-refractivity contribution in [3.8, 4) is 0 Å². The number of nitrogens with one attached hydrogen (secondary N) is 3. The summed E-state index contributed by atoms with van der Waals surface area (Å²) >= 11 is 3.31. The highest BCUT2D eigenvalue weighted by Gasteiger charge is 2.27. The van der Waals surface area contributed by atoms with Crippen LogP contribution in [0.4, 0.5) is 10.5 Å². The van der Waals surface area contributed by atoms with E-state index in [1.54, 1.807) is 24.3 Å². The Kier molecular flexibility index (Phi) is 7.28. The second-order valence-electron chi connectivity index (χ2n) is 8.07. The molecule has 1 aromatic heterocycles. The minimum absolute atomic E-state index is 0.158. The van der Waals surface area contributed by atoms with Crippen LogP contribution < -0.4 is 15.4 Å². The number of amides is 2. The van der Waals surface area contributed by atoms with E-state index in [0.717, 1.165) is 39.7 Å². The van der Waals surface area contributed by atoms with Crippen molar-refractivity contribution in [2.45, 2.75) is 24.3 Å². The molecule has 0 saturated carbocycles. The van der Waals surface area contributed by atoms with E-state index in [1.165, 1.54) is 0 Å². The lowest BCUT2D eigenvalue weighted by atomic mass is 10.1. The number of aryl methyl sites for hydroxylation is 1. The summed E-state index contributed by atoms with van der Waals surface area (Å²) in [5, 5.41) is 6.68. The maximum Gasteiger partial charge on any atom is 0.319 e. The van der Waals surface area contributed by atoms with Crippen molar-refractivity contribution in [2.75, 3.05) is 31.5 Å². The van der Waals surface area contributed by atoms with Gasteiger partial charge in [0.05, 0.1) is 16.1 Å². The SMILES string of the molecule is Cc1cc(NC(=O)NCCN2CCC(NS(=O)(=O)c3cccc(Br)c3)C2)c2ccccc2n1. The van der Waals surface area contributed by atoms with Gasteiger partial charge in [-0.25, -0.2) is 17.9 Å². The van der Waals surface area contributed by atoms with Crippen molar-refractivity contribution in [1.29, 1.82) is 0 Å². The summed E-state index contributed by atoms with van der Waals surface area (Å²) in [5.74, 6) is 0. The molecule has 8 nitrogen and oxygen atoms in total. The van der Waals surface area contributed by atoms with Gasteiger partial charge in [0.2, 0.25) is 10.0 Å². The first-order valence-corrected chi connectivity index (χ1v) is 13.0. The van der Waals surface area contributed by atoms with Crippen LogP contribution in [0, 0.1) is 6.92 Å². The Morgan fingerprint density at radius 3 is 2.82 bits per heavy atom. The number of para-hydroxylation sites is 1. The van der Waals surface area contributed by atoms with Crippen molar-refractivity contribution in [1.82, 2.24) is 19.9 Å². The average Bonchev–Trinajstić information content (AvgIpc) is 3.20. The number of pyridine rings is 1. The Balaban J connectivity index is 1.25. The lowest BCUT2D eigenvalue weighted by molar-refractivity contribution is 0.249. The highest BCUT2D eigenvalue weighted by molar-refractivity contribution is 9.10. The molecule has 3 aromatic rings. The van der Waals surface area contributed by atoms with Crippen molar-refractivity contribution in [3.05, 3.63) is 64.8 Å². The second-order valence-corrected chi connectivity index (χ2v) is 10.7.